The average molecular weight is 509 g/mol. The van der Waals surface area contributed by atoms with Crippen LogP contribution in [0.4, 0.5) is 4.79 Å². The molecule has 0 radical (unpaired) electrons. The topological polar surface area (TPSA) is 114 Å². The van der Waals surface area contributed by atoms with E-state index in [2.05, 4.69) is 59.5 Å². The molecule has 2 unspecified atom stereocenters. The normalized spacial score (nSPS) is 12.5. The summed E-state index contributed by atoms with van der Waals surface area (Å²) < 4.78 is 5.05. The molecule has 36 heavy (non-hydrogen) atoms. The first-order valence-corrected chi connectivity index (χ1v) is 12.8. The lowest BCUT2D eigenvalue weighted by Gasteiger charge is -2.20. The number of benzene rings is 1. The molecule has 0 aromatic heterocycles. The Hall–Kier alpha value is -2.90. The van der Waals surface area contributed by atoms with E-state index in [0.29, 0.717) is 12.3 Å². The predicted molar refractivity (Wildman–Crippen MR) is 145 cm³/mol. The number of carboxylic acid groups (broad SMARTS) is 1. The number of oxime groups is 1. The summed E-state index contributed by atoms with van der Waals surface area (Å²) in [4.78, 5) is 37.3. The molecule has 206 valence electrons. The van der Waals surface area contributed by atoms with E-state index in [1.807, 2.05) is 34.6 Å². The molecule has 0 spiro atoms. The fourth-order valence-electron chi connectivity index (χ4n) is 2.04. The second-order valence-electron chi connectivity index (χ2n) is 9.23. The van der Waals surface area contributed by atoms with Crippen molar-refractivity contribution in [1.82, 2.24) is 5.32 Å². The zero-order chi connectivity index (χ0) is 28.1. The second kappa shape index (κ2) is 20.3. The second-order valence-corrected chi connectivity index (χ2v) is 9.23. The average Bonchev–Trinajstić information content (AvgIpc) is 2.89. The van der Waals surface area contributed by atoms with Crippen molar-refractivity contribution in [3.63, 3.8) is 0 Å². The smallest absolute Gasteiger partial charge is 0.433 e. The van der Waals surface area contributed by atoms with Crippen LogP contribution in [0.15, 0.2) is 35.5 Å². The highest BCUT2D eigenvalue weighted by Crippen LogP contribution is 2.21. The van der Waals surface area contributed by atoms with Crippen molar-refractivity contribution in [1.29, 1.82) is 0 Å². The first kappa shape index (κ1) is 35.3. The van der Waals surface area contributed by atoms with Crippen molar-refractivity contribution in [3.8, 4) is 0 Å². The lowest BCUT2D eigenvalue weighted by Crippen LogP contribution is -2.31. The number of ether oxygens (including phenoxy) is 1. The Labute approximate surface area is 217 Å². The highest BCUT2D eigenvalue weighted by Gasteiger charge is 2.26. The van der Waals surface area contributed by atoms with Crippen molar-refractivity contribution in [2.24, 2.45) is 16.5 Å². The van der Waals surface area contributed by atoms with Crippen molar-refractivity contribution in [3.05, 3.63) is 35.9 Å². The van der Waals surface area contributed by atoms with Crippen LogP contribution in [0.5, 0.6) is 0 Å². The Morgan fingerprint density at radius 2 is 1.61 bits per heavy atom. The van der Waals surface area contributed by atoms with Gasteiger partial charge in [-0.3, -0.25) is 14.4 Å². The van der Waals surface area contributed by atoms with Crippen molar-refractivity contribution in [2.75, 3.05) is 13.2 Å². The summed E-state index contributed by atoms with van der Waals surface area (Å²) in [6.07, 6.45) is 2.71. The number of carbonyl (C=O) groups is 3. The van der Waals surface area contributed by atoms with Gasteiger partial charge >= 0.3 is 18.0 Å². The van der Waals surface area contributed by atoms with Crippen LogP contribution in [-0.4, -0.2) is 42.0 Å². The van der Waals surface area contributed by atoms with Crippen LogP contribution in [-0.2, 0) is 19.2 Å². The molecule has 0 aliphatic rings. The first-order chi connectivity index (χ1) is 16.9. The van der Waals surface area contributed by atoms with E-state index in [0.717, 1.165) is 18.6 Å². The lowest BCUT2D eigenvalue weighted by atomic mass is 9.91. The number of esters is 1. The van der Waals surface area contributed by atoms with Gasteiger partial charge in [-0.2, -0.15) is 0 Å². The molecule has 2 N–H and O–H groups in total. The van der Waals surface area contributed by atoms with E-state index >= 15 is 0 Å². The van der Waals surface area contributed by atoms with Gasteiger partial charge in [0.05, 0.1) is 23.6 Å². The third-order valence-corrected chi connectivity index (χ3v) is 5.85. The van der Waals surface area contributed by atoms with Gasteiger partial charge in [0.15, 0.2) is 0 Å². The molecule has 0 aliphatic carbocycles. The zero-order valence-corrected chi connectivity index (χ0v) is 23.7. The van der Waals surface area contributed by atoms with E-state index in [4.69, 9.17) is 9.84 Å². The van der Waals surface area contributed by atoms with E-state index < -0.39 is 17.5 Å². The summed E-state index contributed by atoms with van der Waals surface area (Å²) in [6.45, 7) is 17.6. The molecular formula is C28H48N2O6. The summed E-state index contributed by atoms with van der Waals surface area (Å²) in [5.74, 6) is -0.450. The van der Waals surface area contributed by atoms with Gasteiger partial charge in [0.1, 0.15) is 6.61 Å². The third-order valence-electron chi connectivity index (χ3n) is 5.85. The zero-order valence-electron chi connectivity index (χ0n) is 23.7. The van der Waals surface area contributed by atoms with Gasteiger partial charge in [0, 0.05) is 0 Å². The van der Waals surface area contributed by atoms with Crippen molar-refractivity contribution in [2.45, 2.75) is 93.9 Å². The largest absolute Gasteiger partial charge is 0.481 e. The molecule has 1 aromatic rings. The van der Waals surface area contributed by atoms with Gasteiger partial charge in [0.25, 0.3) is 0 Å². The Kier molecular flexibility index (Phi) is 19.9. The van der Waals surface area contributed by atoms with Crippen LogP contribution < -0.4 is 5.32 Å². The Bertz CT molecular complexity index is 778. The van der Waals surface area contributed by atoms with Gasteiger partial charge in [-0.15, -0.1) is 0 Å². The molecule has 0 saturated heterocycles. The minimum Gasteiger partial charge on any atom is -0.481 e. The Morgan fingerprint density at radius 1 is 1.03 bits per heavy atom. The monoisotopic (exact) mass is 508 g/mol. The molecule has 8 heteroatoms. The molecule has 1 amide bonds. The molecule has 8 nitrogen and oxygen atoms in total. The van der Waals surface area contributed by atoms with E-state index in [1.165, 1.54) is 12.0 Å². The minimum atomic E-state index is -0.706. The summed E-state index contributed by atoms with van der Waals surface area (Å²) in [5.41, 5.74) is 1.68. The highest BCUT2D eigenvalue weighted by atomic mass is 16.7. The fraction of sp³-hybridized carbons (Fsp3) is 0.643. The van der Waals surface area contributed by atoms with Gasteiger partial charge < -0.3 is 15.2 Å². The van der Waals surface area contributed by atoms with Crippen LogP contribution >= 0.6 is 0 Å². The van der Waals surface area contributed by atoms with Gasteiger partial charge in [-0.05, 0) is 57.9 Å². The molecule has 0 heterocycles. The number of aliphatic carboxylic acids is 1. The first-order valence-electron chi connectivity index (χ1n) is 12.8. The molecule has 1 rings (SSSR count). The number of carbonyl (C=O) groups excluding carboxylic acids is 2. The Balaban J connectivity index is 0. The minimum absolute atomic E-state index is 0.119. The van der Waals surface area contributed by atoms with Crippen molar-refractivity contribution < 1.29 is 29.1 Å². The molecule has 2 atom stereocenters. The van der Waals surface area contributed by atoms with E-state index in [-0.39, 0.29) is 25.0 Å². The number of hydrogen-bond acceptors (Lipinski definition) is 6. The fourth-order valence-corrected chi connectivity index (χ4v) is 2.04. The summed E-state index contributed by atoms with van der Waals surface area (Å²) in [5, 5.41) is 14.2. The highest BCUT2D eigenvalue weighted by molar-refractivity contribution is 5.81. The maximum Gasteiger partial charge on any atom is 0.433 e. The molecule has 0 aliphatic heterocycles. The summed E-state index contributed by atoms with van der Waals surface area (Å²) in [6, 6.07) is 10.6. The van der Waals surface area contributed by atoms with Crippen LogP contribution in [0, 0.1) is 11.3 Å². The summed E-state index contributed by atoms with van der Waals surface area (Å²) in [7, 11) is 0. The molecule has 0 saturated carbocycles. The predicted octanol–water partition coefficient (Wildman–Crippen LogP) is 6.80. The van der Waals surface area contributed by atoms with E-state index in [1.54, 1.807) is 13.8 Å². The molecule has 0 fully saturated rings. The number of amides is 1. The molecule has 1 aromatic carbocycles. The molecular weight excluding hydrogens is 460 g/mol. The lowest BCUT2D eigenvalue weighted by molar-refractivity contribution is -0.153. The van der Waals surface area contributed by atoms with Gasteiger partial charge in [-0.1, -0.05) is 77.0 Å². The molecule has 0 bridgehead atoms. The number of rotatable bonds is 11. The number of nitrogens with one attached hydrogen (secondary N) is 1. The number of carboxylic acids is 1. The number of hydrogen-bond donors (Lipinski definition) is 2. The van der Waals surface area contributed by atoms with Crippen LogP contribution in [0.3, 0.4) is 0 Å². The van der Waals surface area contributed by atoms with Crippen LogP contribution in [0.1, 0.15) is 99.5 Å². The quantitative estimate of drug-likeness (QED) is 0.112. The Morgan fingerprint density at radius 3 is 2.03 bits per heavy atom. The van der Waals surface area contributed by atoms with Gasteiger partial charge in [0.2, 0.25) is 0 Å². The standard InChI is InChI=1S/C13H24N2O4.C10H14.C5H10O2/c1-6-10(3)15-19-12(17)14-8-9-18-11(16)13(4,5)7-2;1-3-9(2)10-7-5-4-6-8-10;1-3-4(2)5(6)7/h6-9H2,1-5H3,(H,14,17);4-9H,3H2,1-2H3;4H,3H2,1-2H3,(H,6,7)/b15-10-;;. The SMILES string of the molecule is CC/C(C)=N\OC(=O)NCCOC(=O)C(C)(C)CC.CCC(C)C(=O)O.CCC(C)c1ccccc1. The van der Waals surface area contributed by atoms with Gasteiger partial charge in [-0.25, -0.2) is 4.79 Å². The maximum absolute atomic E-state index is 11.6. The van der Waals surface area contributed by atoms with Crippen LogP contribution in [0.25, 0.3) is 0 Å². The number of nitrogens with zero attached hydrogens (tertiary/aromatic N) is 1. The van der Waals surface area contributed by atoms with Crippen molar-refractivity contribution >= 4 is 23.7 Å². The van der Waals surface area contributed by atoms with Crippen LogP contribution in [0.2, 0.25) is 0 Å². The summed E-state index contributed by atoms with van der Waals surface area (Å²) >= 11 is 0. The van der Waals surface area contributed by atoms with E-state index in [9.17, 15) is 14.4 Å². The maximum atomic E-state index is 11.6. The third kappa shape index (κ3) is 17.5.